The molecule has 0 spiro atoms. The molecule has 39 heavy (non-hydrogen) atoms. The second-order valence-electron chi connectivity index (χ2n) is 8.82. The first kappa shape index (κ1) is 30.0. The SMILES string of the molecule is Br.COc1ccc(CN(Cc2ccc(OC)cc2)C(=Nc2ccc(C(C)=O)cc2)SCc2ccccc2)cc1. The third-order valence-corrected chi connectivity index (χ3v) is 7.13. The van der Waals surface area contributed by atoms with Crippen molar-refractivity contribution in [3.05, 3.63) is 125 Å². The van der Waals surface area contributed by atoms with Crippen LogP contribution >= 0.6 is 28.7 Å². The molecule has 0 fully saturated rings. The van der Waals surface area contributed by atoms with Crippen molar-refractivity contribution in [3.8, 4) is 11.5 Å². The lowest BCUT2D eigenvalue weighted by Gasteiger charge is -2.26. The first-order valence-corrected chi connectivity index (χ1v) is 13.4. The highest BCUT2D eigenvalue weighted by Crippen LogP contribution is 2.26. The monoisotopic (exact) mass is 604 g/mol. The van der Waals surface area contributed by atoms with Gasteiger partial charge in [-0.05, 0) is 72.1 Å². The Bertz CT molecular complexity index is 1290. The number of carbonyl (C=O) groups excluding carboxylic acids is 1. The summed E-state index contributed by atoms with van der Waals surface area (Å²) in [7, 11) is 3.35. The van der Waals surface area contributed by atoms with Crippen molar-refractivity contribution < 1.29 is 14.3 Å². The Kier molecular flexibility index (Phi) is 11.6. The molecule has 4 aromatic rings. The van der Waals surface area contributed by atoms with Crippen molar-refractivity contribution in [3.63, 3.8) is 0 Å². The van der Waals surface area contributed by atoms with Crippen LogP contribution in [0, 0.1) is 0 Å². The maximum absolute atomic E-state index is 11.8. The first-order valence-electron chi connectivity index (χ1n) is 12.4. The number of ketones is 1. The minimum Gasteiger partial charge on any atom is -0.497 e. The summed E-state index contributed by atoms with van der Waals surface area (Å²) in [5.41, 5.74) is 5.01. The number of nitrogens with zero attached hydrogens (tertiary/aromatic N) is 2. The van der Waals surface area contributed by atoms with Crippen molar-refractivity contribution in [2.75, 3.05) is 14.2 Å². The summed E-state index contributed by atoms with van der Waals surface area (Å²) in [6.45, 7) is 2.91. The fourth-order valence-corrected chi connectivity index (χ4v) is 4.86. The molecule has 7 heteroatoms. The van der Waals surface area contributed by atoms with Crippen LogP contribution in [-0.2, 0) is 18.8 Å². The molecule has 0 heterocycles. The normalized spacial score (nSPS) is 10.9. The molecule has 4 aromatic carbocycles. The Morgan fingerprint density at radius 1 is 0.718 bits per heavy atom. The number of hydrogen-bond acceptors (Lipinski definition) is 5. The third-order valence-electron chi connectivity index (χ3n) is 6.04. The smallest absolute Gasteiger partial charge is 0.165 e. The van der Waals surface area contributed by atoms with Gasteiger partial charge in [0.25, 0.3) is 0 Å². The van der Waals surface area contributed by atoms with Crippen LogP contribution < -0.4 is 9.47 Å². The number of Topliss-reactive ketones (excluding diaryl/α,β-unsaturated/α-hetero) is 1. The van der Waals surface area contributed by atoms with Gasteiger partial charge < -0.3 is 14.4 Å². The maximum atomic E-state index is 11.8. The molecule has 4 rings (SSSR count). The third kappa shape index (κ3) is 9.01. The molecule has 0 aliphatic heterocycles. The number of halogens is 1. The molecule has 0 saturated heterocycles. The standard InChI is InChI=1S/C32H32N2O3S.BrH/c1-24(35)28-13-15-29(16-14-28)33-32(38-23-27-7-5-4-6-8-27)34(21-25-9-17-30(36-2)18-10-25)22-26-11-19-31(37-3)20-12-26;/h4-20H,21-23H2,1-3H3;1H. The van der Waals surface area contributed by atoms with E-state index < -0.39 is 0 Å². The van der Waals surface area contributed by atoms with Crippen LogP contribution in [0.3, 0.4) is 0 Å². The average molecular weight is 606 g/mol. The van der Waals surface area contributed by atoms with Crippen LogP contribution in [0.25, 0.3) is 0 Å². The number of benzene rings is 4. The van der Waals surface area contributed by atoms with E-state index in [1.807, 2.05) is 54.6 Å². The summed E-state index contributed by atoms with van der Waals surface area (Å²) >= 11 is 1.70. The number of aliphatic imine (C=N–C) groups is 1. The molecule has 0 bridgehead atoms. The van der Waals surface area contributed by atoms with Gasteiger partial charge in [0.05, 0.1) is 19.9 Å². The summed E-state index contributed by atoms with van der Waals surface area (Å²) < 4.78 is 10.7. The van der Waals surface area contributed by atoms with Gasteiger partial charge in [0, 0.05) is 24.4 Å². The maximum Gasteiger partial charge on any atom is 0.165 e. The van der Waals surface area contributed by atoms with Gasteiger partial charge in [0.2, 0.25) is 0 Å². The zero-order chi connectivity index (χ0) is 26.7. The van der Waals surface area contributed by atoms with Crippen LogP contribution in [0.5, 0.6) is 11.5 Å². The number of ether oxygens (including phenoxy) is 2. The van der Waals surface area contributed by atoms with E-state index in [0.717, 1.165) is 39.2 Å². The summed E-state index contributed by atoms with van der Waals surface area (Å²) in [4.78, 5) is 19.1. The van der Waals surface area contributed by atoms with Crippen molar-refractivity contribution in [2.24, 2.45) is 4.99 Å². The Balaban J connectivity index is 0.00000420. The van der Waals surface area contributed by atoms with E-state index in [1.165, 1.54) is 5.56 Å². The highest BCUT2D eigenvalue weighted by Gasteiger charge is 2.16. The summed E-state index contributed by atoms with van der Waals surface area (Å²) in [6, 6.07) is 34.1. The van der Waals surface area contributed by atoms with E-state index in [2.05, 4.69) is 53.4 Å². The lowest BCUT2D eigenvalue weighted by molar-refractivity contribution is 0.101. The highest BCUT2D eigenvalue weighted by atomic mass is 79.9. The van der Waals surface area contributed by atoms with E-state index in [4.69, 9.17) is 14.5 Å². The molecule has 0 aliphatic carbocycles. The summed E-state index contributed by atoms with van der Waals surface area (Å²) in [5, 5.41) is 0.899. The average Bonchev–Trinajstić information content (AvgIpc) is 2.96. The van der Waals surface area contributed by atoms with Crippen LogP contribution in [0.15, 0.2) is 108 Å². The van der Waals surface area contributed by atoms with Gasteiger partial charge in [0.1, 0.15) is 11.5 Å². The Morgan fingerprint density at radius 3 is 1.69 bits per heavy atom. The van der Waals surface area contributed by atoms with E-state index in [-0.39, 0.29) is 22.8 Å². The Hall–Kier alpha value is -3.55. The molecule has 0 amide bonds. The molecule has 0 aliphatic rings. The second-order valence-corrected chi connectivity index (χ2v) is 9.77. The number of amidine groups is 1. The van der Waals surface area contributed by atoms with Gasteiger partial charge in [-0.25, -0.2) is 4.99 Å². The number of hydrogen-bond donors (Lipinski definition) is 0. The fourth-order valence-electron chi connectivity index (χ4n) is 3.89. The van der Waals surface area contributed by atoms with Crippen LogP contribution in [0.2, 0.25) is 0 Å². The largest absolute Gasteiger partial charge is 0.497 e. The molecular formula is C32H33BrN2O3S. The lowest BCUT2D eigenvalue weighted by Crippen LogP contribution is -2.28. The Labute approximate surface area is 245 Å². The number of thioether (sulfide) groups is 1. The summed E-state index contributed by atoms with van der Waals surface area (Å²) in [6.07, 6.45) is 0. The van der Waals surface area contributed by atoms with E-state index in [1.54, 1.807) is 32.9 Å². The second kappa shape index (κ2) is 15.1. The molecule has 0 N–H and O–H groups in total. The van der Waals surface area contributed by atoms with E-state index >= 15 is 0 Å². The van der Waals surface area contributed by atoms with Gasteiger partial charge in [-0.1, -0.05) is 66.4 Å². The lowest BCUT2D eigenvalue weighted by atomic mass is 10.1. The minimum absolute atomic E-state index is 0. The zero-order valence-electron chi connectivity index (χ0n) is 22.4. The highest BCUT2D eigenvalue weighted by molar-refractivity contribution is 8.93. The van der Waals surface area contributed by atoms with Crippen molar-refractivity contribution >= 4 is 45.4 Å². The molecule has 0 atom stereocenters. The first-order chi connectivity index (χ1) is 18.5. The number of methoxy groups -OCH3 is 2. The van der Waals surface area contributed by atoms with E-state index in [0.29, 0.717) is 18.7 Å². The van der Waals surface area contributed by atoms with Gasteiger partial charge in [-0.15, -0.1) is 17.0 Å². The van der Waals surface area contributed by atoms with E-state index in [9.17, 15) is 4.79 Å². The quantitative estimate of drug-likeness (QED) is 0.104. The molecule has 0 unspecified atom stereocenters. The van der Waals surface area contributed by atoms with Gasteiger partial charge in [0.15, 0.2) is 11.0 Å². The molecular weight excluding hydrogens is 572 g/mol. The predicted octanol–water partition coefficient (Wildman–Crippen LogP) is 8.11. The predicted molar refractivity (Wildman–Crippen MR) is 167 cm³/mol. The van der Waals surface area contributed by atoms with Crippen molar-refractivity contribution in [1.82, 2.24) is 4.90 Å². The van der Waals surface area contributed by atoms with Crippen molar-refractivity contribution in [1.29, 1.82) is 0 Å². The number of carbonyl (C=O) groups is 1. The molecule has 0 radical (unpaired) electrons. The molecule has 5 nitrogen and oxygen atoms in total. The fraction of sp³-hybridized carbons (Fsp3) is 0.188. The van der Waals surface area contributed by atoms with Crippen LogP contribution in [0.1, 0.15) is 34.0 Å². The molecule has 202 valence electrons. The zero-order valence-corrected chi connectivity index (χ0v) is 24.9. The van der Waals surface area contributed by atoms with Crippen molar-refractivity contribution in [2.45, 2.75) is 25.8 Å². The van der Waals surface area contributed by atoms with Gasteiger partial charge in [-0.3, -0.25) is 4.79 Å². The number of rotatable bonds is 10. The molecule has 0 aromatic heterocycles. The Morgan fingerprint density at radius 2 is 1.23 bits per heavy atom. The van der Waals surface area contributed by atoms with Crippen LogP contribution in [0.4, 0.5) is 5.69 Å². The van der Waals surface area contributed by atoms with Crippen LogP contribution in [-0.4, -0.2) is 30.1 Å². The minimum atomic E-state index is 0. The molecule has 0 saturated carbocycles. The topological polar surface area (TPSA) is 51.1 Å². The van der Waals surface area contributed by atoms with Gasteiger partial charge >= 0.3 is 0 Å². The summed E-state index contributed by atoms with van der Waals surface area (Å²) in [5.74, 6) is 2.48. The van der Waals surface area contributed by atoms with Gasteiger partial charge in [-0.2, -0.15) is 0 Å².